The molecular formula is C19H25N3O3. The van der Waals surface area contributed by atoms with Crippen LogP contribution in [0.4, 0.5) is 5.69 Å². The zero-order chi connectivity index (χ0) is 17.4. The van der Waals surface area contributed by atoms with Crippen molar-refractivity contribution in [2.75, 3.05) is 31.5 Å². The number of fused-ring (bicyclic) bond motifs is 2. The molecule has 0 radical (unpaired) electrons. The first-order valence-electron chi connectivity index (χ1n) is 9.15. The lowest BCUT2D eigenvalue weighted by Gasteiger charge is -2.51. The monoisotopic (exact) mass is 343 g/mol. The second-order valence-electron chi connectivity index (χ2n) is 7.76. The normalized spacial score (nSPS) is 29.6. The van der Waals surface area contributed by atoms with Crippen LogP contribution in [0, 0.1) is 5.92 Å². The van der Waals surface area contributed by atoms with Crippen molar-refractivity contribution in [1.29, 1.82) is 0 Å². The molecule has 1 amide bonds. The Morgan fingerprint density at radius 2 is 1.92 bits per heavy atom. The molecule has 134 valence electrons. The van der Waals surface area contributed by atoms with Gasteiger partial charge in [0.25, 0.3) is 0 Å². The van der Waals surface area contributed by atoms with E-state index in [0.717, 1.165) is 51.0 Å². The number of piperidine rings is 3. The van der Waals surface area contributed by atoms with Crippen LogP contribution >= 0.6 is 0 Å². The molecule has 0 unspecified atom stereocenters. The molecule has 3 aliphatic heterocycles. The number of carboxylic acids is 1. The van der Waals surface area contributed by atoms with Gasteiger partial charge < -0.3 is 15.7 Å². The molecule has 2 bridgehead atoms. The number of benzene rings is 1. The fourth-order valence-electron chi connectivity index (χ4n) is 4.55. The molecule has 3 saturated heterocycles. The standard InChI is InChI=1S/C19H25N3O3/c23-17(24)12-22-7-5-15(6-8-22)14-1-3-16(4-2-14)21-19-9-13(10-19)11-20-18(19)25/h1-4,13,15,21H,5-12H2,(H,20,25)(H,23,24). The van der Waals surface area contributed by atoms with E-state index in [4.69, 9.17) is 5.11 Å². The summed E-state index contributed by atoms with van der Waals surface area (Å²) in [6.07, 6.45) is 3.85. The molecule has 0 spiro atoms. The summed E-state index contributed by atoms with van der Waals surface area (Å²) < 4.78 is 0. The predicted molar refractivity (Wildman–Crippen MR) is 94.6 cm³/mol. The number of hydrogen-bond acceptors (Lipinski definition) is 4. The molecule has 6 heteroatoms. The van der Waals surface area contributed by atoms with Crippen molar-refractivity contribution in [1.82, 2.24) is 10.2 Å². The number of nitrogens with one attached hydrogen (secondary N) is 2. The zero-order valence-corrected chi connectivity index (χ0v) is 14.3. The van der Waals surface area contributed by atoms with Crippen molar-refractivity contribution in [3.8, 4) is 0 Å². The molecule has 5 rings (SSSR count). The highest BCUT2D eigenvalue weighted by molar-refractivity contribution is 5.92. The molecule has 1 aromatic rings. The Kier molecular flexibility index (Phi) is 4.15. The number of carbonyl (C=O) groups excluding carboxylic acids is 1. The maximum atomic E-state index is 12.2. The van der Waals surface area contributed by atoms with E-state index in [-0.39, 0.29) is 12.5 Å². The first-order valence-corrected chi connectivity index (χ1v) is 9.15. The molecule has 4 aliphatic rings. The number of nitrogens with zero attached hydrogens (tertiary/aromatic N) is 1. The fraction of sp³-hybridized carbons (Fsp3) is 0.579. The summed E-state index contributed by atoms with van der Waals surface area (Å²) in [6, 6.07) is 8.44. The van der Waals surface area contributed by atoms with Gasteiger partial charge in [0, 0.05) is 12.2 Å². The van der Waals surface area contributed by atoms with Gasteiger partial charge in [-0.2, -0.15) is 0 Å². The molecule has 6 nitrogen and oxygen atoms in total. The summed E-state index contributed by atoms with van der Waals surface area (Å²) in [5.74, 6) is 0.492. The van der Waals surface area contributed by atoms with Gasteiger partial charge in [-0.15, -0.1) is 0 Å². The van der Waals surface area contributed by atoms with E-state index in [1.807, 2.05) is 4.90 Å². The second-order valence-corrected chi connectivity index (χ2v) is 7.76. The summed E-state index contributed by atoms with van der Waals surface area (Å²) >= 11 is 0. The molecule has 3 heterocycles. The van der Waals surface area contributed by atoms with E-state index < -0.39 is 11.5 Å². The van der Waals surface area contributed by atoms with Gasteiger partial charge in [0.2, 0.25) is 5.91 Å². The summed E-state index contributed by atoms with van der Waals surface area (Å²) in [6.45, 7) is 2.63. The summed E-state index contributed by atoms with van der Waals surface area (Å²) in [5, 5.41) is 15.3. The Morgan fingerprint density at radius 3 is 2.52 bits per heavy atom. The maximum Gasteiger partial charge on any atom is 0.317 e. The van der Waals surface area contributed by atoms with Crippen molar-refractivity contribution in [2.24, 2.45) is 5.92 Å². The minimum absolute atomic E-state index is 0.130. The van der Waals surface area contributed by atoms with Gasteiger partial charge in [-0.3, -0.25) is 14.5 Å². The van der Waals surface area contributed by atoms with Crippen LogP contribution in [0.5, 0.6) is 0 Å². The SMILES string of the molecule is O=C(O)CN1CCC(c2ccc(NC34CC(CNC3=O)C4)cc2)CC1. The van der Waals surface area contributed by atoms with E-state index in [2.05, 4.69) is 34.9 Å². The Balaban J connectivity index is 1.35. The third-order valence-corrected chi connectivity index (χ3v) is 5.97. The average Bonchev–Trinajstić information content (AvgIpc) is 2.57. The third kappa shape index (κ3) is 3.23. The minimum atomic E-state index is -0.752. The van der Waals surface area contributed by atoms with Gasteiger partial charge in [-0.25, -0.2) is 0 Å². The number of amides is 1. The smallest absolute Gasteiger partial charge is 0.317 e. The van der Waals surface area contributed by atoms with Crippen molar-refractivity contribution < 1.29 is 14.7 Å². The topological polar surface area (TPSA) is 81.7 Å². The number of rotatable bonds is 5. The third-order valence-electron chi connectivity index (χ3n) is 5.97. The lowest BCUT2D eigenvalue weighted by molar-refractivity contribution is -0.138. The van der Waals surface area contributed by atoms with E-state index in [1.165, 1.54) is 5.56 Å². The van der Waals surface area contributed by atoms with Crippen molar-refractivity contribution in [3.63, 3.8) is 0 Å². The second kappa shape index (κ2) is 6.33. The molecule has 0 atom stereocenters. The molecule has 1 aliphatic carbocycles. The molecule has 3 N–H and O–H groups in total. The molecule has 0 aromatic heterocycles. The van der Waals surface area contributed by atoms with Crippen LogP contribution in [0.3, 0.4) is 0 Å². The highest BCUT2D eigenvalue weighted by Gasteiger charge is 2.53. The van der Waals surface area contributed by atoms with Crippen LogP contribution in [-0.4, -0.2) is 53.6 Å². The first kappa shape index (κ1) is 16.4. The first-order chi connectivity index (χ1) is 12.0. The van der Waals surface area contributed by atoms with Gasteiger partial charge in [-0.1, -0.05) is 12.1 Å². The summed E-state index contributed by atoms with van der Waals surface area (Å²) in [4.78, 5) is 25.0. The lowest BCUT2D eigenvalue weighted by atomic mass is 9.64. The zero-order valence-electron chi connectivity index (χ0n) is 14.3. The average molecular weight is 343 g/mol. The Hall–Kier alpha value is -2.08. The Bertz CT molecular complexity index is 659. The van der Waals surface area contributed by atoms with E-state index in [9.17, 15) is 9.59 Å². The Morgan fingerprint density at radius 1 is 1.24 bits per heavy atom. The van der Waals surface area contributed by atoms with Gasteiger partial charge in [0.15, 0.2) is 0 Å². The van der Waals surface area contributed by atoms with Gasteiger partial charge in [-0.05, 0) is 68.3 Å². The van der Waals surface area contributed by atoms with Crippen LogP contribution in [0.25, 0.3) is 0 Å². The lowest BCUT2D eigenvalue weighted by Crippen LogP contribution is -2.67. The fourth-order valence-corrected chi connectivity index (χ4v) is 4.55. The van der Waals surface area contributed by atoms with Gasteiger partial charge in [0.1, 0.15) is 5.54 Å². The largest absolute Gasteiger partial charge is 0.480 e. The van der Waals surface area contributed by atoms with E-state index >= 15 is 0 Å². The molecule has 1 saturated carbocycles. The van der Waals surface area contributed by atoms with Crippen molar-refractivity contribution in [2.45, 2.75) is 37.1 Å². The van der Waals surface area contributed by atoms with Gasteiger partial charge in [0.05, 0.1) is 6.54 Å². The molecule has 4 fully saturated rings. The van der Waals surface area contributed by atoms with Crippen molar-refractivity contribution in [3.05, 3.63) is 29.8 Å². The van der Waals surface area contributed by atoms with E-state index in [0.29, 0.717) is 11.8 Å². The van der Waals surface area contributed by atoms with Crippen molar-refractivity contribution >= 4 is 17.6 Å². The van der Waals surface area contributed by atoms with Crippen LogP contribution < -0.4 is 10.6 Å². The molecular weight excluding hydrogens is 318 g/mol. The highest BCUT2D eigenvalue weighted by atomic mass is 16.4. The number of hydrogen-bond donors (Lipinski definition) is 3. The number of likely N-dealkylation sites (tertiary alicyclic amines) is 1. The predicted octanol–water partition coefficient (Wildman–Crippen LogP) is 1.64. The molecule has 1 aromatic carbocycles. The highest BCUT2D eigenvalue weighted by Crippen LogP contribution is 2.43. The van der Waals surface area contributed by atoms with Crippen LogP contribution in [0.2, 0.25) is 0 Å². The maximum absolute atomic E-state index is 12.2. The quantitative estimate of drug-likeness (QED) is 0.757. The van der Waals surface area contributed by atoms with Crippen LogP contribution in [0.1, 0.15) is 37.2 Å². The van der Waals surface area contributed by atoms with Crippen LogP contribution in [0.15, 0.2) is 24.3 Å². The summed E-state index contributed by atoms with van der Waals surface area (Å²) in [7, 11) is 0. The Labute approximate surface area is 147 Å². The summed E-state index contributed by atoms with van der Waals surface area (Å²) in [5.41, 5.74) is 1.91. The number of carbonyl (C=O) groups is 2. The number of carboxylic acid groups (broad SMARTS) is 1. The number of anilines is 1. The van der Waals surface area contributed by atoms with E-state index in [1.54, 1.807) is 0 Å². The van der Waals surface area contributed by atoms with Gasteiger partial charge >= 0.3 is 5.97 Å². The molecule has 25 heavy (non-hydrogen) atoms. The van der Waals surface area contributed by atoms with Crippen LogP contribution in [-0.2, 0) is 9.59 Å². The minimum Gasteiger partial charge on any atom is -0.480 e. The number of aliphatic carboxylic acids is 1.